The van der Waals surface area contributed by atoms with Crippen LogP contribution in [0.4, 0.5) is 0 Å². The predicted molar refractivity (Wildman–Crippen MR) is 82.8 cm³/mol. The first-order valence-corrected chi connectivity index (χ1v) is 7.14. The summed E-state index contributed by atoms with van der Waals surface area (Å²) < 4.78 is 0. The SMILES string of the molecule is CCC(NC(=O)[C@H]1CCN[C@@H](C)C1)c1ccncc1.Cl. The predicted octanol–water partition coefficient (Wildman–Crippen LogP) is 2.46. The maximum absolute atomic E-state index is 12.3. The number of piperidine rings is 1. The van der Waals surface area contributed by atoms with E-state index < -0.39 is 0 Å². The van der Waals surface area contributed by atoms with Crippen molar-refractivity contribution in [3.05, 3.63) is 30.1 Å². The molecule has 1 aliphatic heterocycles. The molecule has 20 heavy (non-hydrogen) atoms. The highest BCUT2D eigenvalue weighted by molar-refractivity contribution is 5.85. The summed E-state index contributed by atoms with van der Waals surface area (Å²) in [6.45, 7) is 5.17. The molecule has 2 rings (SSSR count). The van der Waals surface area contributed by atoms with E-state index in [1.807, 2.05) is 12.1 Å². The topological polar surface area (TPSA) is 54.0 Å². The molecule has 1 aromatic heterocycles. The van der Waals surface area contributed by atoms with Crippen LogP contribution in [0.3, 0.4) is 0 Å². The summed E-state index contributed by atoms with van der Waals surface area (Å²) in [5, 5.41) is 6.56. The number of rotatable bonds is 4. The molecule has 0 saturated carbocycles. The van der Waals surface area contributed by atoms with Gasteiger partial charge in [0.15, 0.2) is 0 Å². The van der Waals surface area contributed by atoms with Gasteiger partial charge in [0.1, 0.15) is 0 Å². The molecule has 0 aliphatic carbocycles. The van der Waals surface area contributed by atoms with Crippen molar-refractivity contribution in [1.29, 1.82) is 0 Å². The van der Waals surface area contributed by atoms with Gasteiger partial charge in [0, 0.05) is 24.4 Å². The maximum atomic E-state index is 12.3. The van der Waals surface area contributed by atoms with E-state index in [2.05, 4.69) is 29.5 Å². The molecule has 1 amide bonds. The number of hydrogen-bond acceptors (Lipinski definition) is 3. The zero-order valence-corrected chi connectivity index (χ0v) is 13.0. The summed E-state index contributed by atoms with van der Waals surface area (Å²) in [5.74, 6) is 0.337. The average molecular weight is 298 g/mol. The Balaban J connectivity index is 0.00000200. The van der Waals surface area contributed by atoms with Crippen LogP contribution in [0.1, 0.15) is 44.7 Å². The van der Waals surface area contributed by atoms with Gasteiger partial charge in [-0.2, -0.15) is 0 Å². The molecule has 1 aromatic rings. The van der Waals surface area contributed by atoms with Gasteiger partial charge in [-0.05, 0) is 50.4 Å². The summed E-state index contributed by atoms with van der Waals surface area (Å²) in [6.07, 6.45) is 6.31. The first-order valence-electron chi connectivity index (χ1n) is 7.14. The van der Waals surface area contributed by atoms with Crippen molar-refractivity contribution in [2.24, 2.45) is 5.92 Å². The molecule has 112 valence electrons. The zero-order valence-electron chi connectivity index (χ0n) is 12.1. The van der Waals surface area contributed by atoms with Gasteiger partial charge in [-0.1, -0.05) is 6.92 Å². The number of nitrogens with one attached hydrogen (secondary N) is 2. The molecule has 1 unspecified atom stereocenters. The van der Waals surface area contributed by atoms with Gasteiger partial charge in [-0.15, -0.1) is 12.4 Å². The number of carbonyl (C=O) groups is 1. The highest BCUT2D eigenvalue weighted by atomic mass is 35.5. The van der Waals surface area contributed by atoms with Crippen LogP contribution in [0, 0.1) is 5.92 Å². The molecule has 2 heterocycles. The van der Waals surface area contributed by atoms with E-state index in [4.69, 9.17) is 0 Å². The van der Waals surface area contributed by atoms with Gasteiger partial charge in [0.05, 0.1) is 6.04 Å². The lowest BCUT2D eigenvalue weighted by Crippen LogP contribution is -2.43. The fourth-order valence-corrected chi connectivity index (χ4v) is 2.68. The molecule has 5 heteroatoms. The molecule has 3 atom stereocenters. The third-order valence-corrected chi connectivity index (χ3v) is 3.83. The Morgan fingerprint density at radius 1 is 1.50 bits per heavy atom. The normalized spacial score (nSPS) is 23.5. The number of carbonyl (C=O) groups excluding carboxylic acids is 1. The number of nitrogens with zero attached hydrogens (tertiary/aromatic N) is 1. The van der Waals surface area contributed by atoms with E-state index in [1.54, 1.807) is 12.4 Å². The number of hydrogen-bond donors (Lipinski definition) is 2. The molecule has 4 nitrogen and oxygen atoms in total. The van der Waals surface area contributed by atoms with Crippen molar-refractivity contribution in [3.63, 3.8) is 0 Å². The molecule has 2 N–H and O–H groups in total. The average Bonchev–Trinajstić information content (AvgIpc) is 2.45. The zero-order chi connectivity index (χ0) is 13.7. The monoisotopic (exact) mass is 297 g/mol. The first-order chi connectivity index (χ1) is 9.20. The van der Waals surface area contributed by atoms with Crippen LogP contribution in [0.5, 0.6) is 0 Å². The van der Waals surface area contributed by atoms with Crippen molar-refractivity contribution in [1.82, 2.24) is 15.6 Å². The van der Waals surface area contributed by atoms with Crippen LogP contribution >= 0.6 is 12.4 Å². The minimum Gasteiger partial charge on any atom is -0.349 e. The Kier molecular flexibility index (Phi) is 6.96. The highest BCUT2D eigenvalue weighted by Crippen LogP contribution is 2.20. The van der Waals surface area contributed by atoms with Gasteiger partial charge >= 0.3 is 0 Å². The Labute approximate surface area is 127 Å². The fourth-order valence-electron chi connectivity index (χ4n) is 2.68. The maximum Gasteiger partial charge on any atom is 0.223 e. The van der Waals surface area contributed by atoms with Gasteiger partial charge in [-0.3, -0.25) is 9.78 Å². The number of halogens is 1. The quantitative estimate of drug-likeness (QED) is 0.897. The lowest BCUT2D eigenvalue weighted by Gasteiger charge is -2.28. The molecule has 0 aromatic carbocycles. The molecule has 1 fully saturated rings. The standard InChI is InChI=1S/C15H23N3O.ClH/c1-3-14(12-4-7-16-8-5-12)18-15(19)13-6-9-17-11(2)10-13;/h4-5,7-8,11,13-14,17H,3,6,9-10H2,1-2H3,(H,18,19);1H/t11-,13-,14?;/m0./s1. The molecule has 1 aliphatic rings. The van der Waals surface area contributed by atoms with Crippen molar-refractivity contribution in [2.45, 2.75) is 45.2 Å². The van der Waals surface area contributed by atoms with Crippen molar-refractivity contribution in [3.8, 4) is 0 Å². The van der Waals surface area contributed by atoms with Gasteiger partial charge in [0.25, 0.3) is 0 Å². The summed E-state index contributed by atoms with van der Waals surface area (Å²) in [5.41, 5.74) is 1.13. The van der Waals surface area contributed by atoms with Crippen molar-refractivity contribution < 1.29 is 4.79 Å². The Bertz CT molecular complexity index is 413. The van der Waals surface area contributed by atoms with Crippen molar-refractivity contribution >= 4 is 18.3 Å². The minimum atomic E-state index is 0. The molecular formula is C15H24ClN3O. The van der Waals surface area contributed by atoms with E-state index in [0.29, 0.717) is 6.04 Å². The largest absolute Gasteiger partial charge is 0.349 e. The van der Waals surface area contributed by atoms with Gasteiger partial charge < -0.3 is 10.6 Å². The Morgan fingerprint density at radius 2 is 2.20 bits per heavy atom. The van der Waals surface area contributed by atoms with E-state index in [-0.39, 0.29) is 30.3 Å². The summed E-state index contributed by atoms with van der Waals surface area (Å²) in [4.78, 5) is 16.4. The summed E-state index contributed by atoms with van der Waals surface area (Å²) in [7, 11) is 0. The lowest BCUT2D eigenvalue weighted by atomic mass is 9.92. The number of aromatic nitrogens is 1. The minimum absolute atomic E-state index is 0. The van der Waals surface area contributed by atoms with E-state index in [1.165, 1.54) is 0 Å². The molecule has 1 saturated heterocycles. The van der Waals surface area contributed by atoms with Crippen LogP contribution in [0.25, 0.3) is 0 Å². The second kappa shape index (κ2) is 8.22. The first kappa shape index (κ1) is 16.9. The van der Waals surface area contributed by atoms with Crippen LogP contribution in [0.15, 0.2) is 24.5 Å². The summed E-state index contributed by atoms with van der Waals surface area (Å²) >= 11 is 0. The Hall–Kier alpha value is -1.13. The summed E-state index contributed by atoms with van der Waals surface area (Å²) in [6, 6.07) is 4.48. The highest BCUT2D eigenvalue weighted by Gasteiger charge is 2.26. The molecule has 0 spiro atoms. The smallest absolute Gasteiger partial charge is 0.223 e. The van der Waals surface area contributed by atoms with Crippen molar-refractivity contribution in [2.75, 3.05) is 6.54 Å². The molecule has 0 bridgehead atoms. The van der Waals surface area contributed by atoms with Crippen LogP contribution in [0.2, 0.25) is 0 Å². The van der Waals surface area contributed by atoms with Gasteiger partial charge in [0.2, 0.25) is 5.91 Å². The van der Waals surface area contributed by atoms with Crippen LogP contribution in [-0.4, -0.2) is 23.5 Å². The van der Waals surface area contributed by atoms with E-state index >= 15 is 0 Å². The molecular weight excluding hydrogens is 274 g/mol. The van der Waals surface area contributed by atoms with E-state index in [9.17, 15) is 4.79 Å². The number of amides is 1. The van der Waals surface area contributed by atoms with Crippen LogP contribution in [-0.2, 0) is 4.79 Å². The van der Waals surface area contributed by atoms with Gasteiger partial charge in [-0.25, -0.2) is 0 Å². The Morgan fingerprint density at radius 3 is 2.80 bits per heavy atom. The number of pyridine rings is 1. The molecule has 0 radical (unpaired) electrons. The van der Waals surface area contributed by atoms with Crippen LogP contribution < -0.4 is 10.6 Å². The lowest BCUT2D eigenvalue weighted by molar-refractivity contribution is -0.126. The second-order valence-corrected chi connectivity index (χ2v) is 5.33. The third-order valence-electron chi connectivity index (χ3n) is 3.83. The second-order valence-electron chi connectivity index (χ2n) is 5.33. The third kappa shape index (κ3) is 4.46. The van der Waals surface area contributed by atoms with E-state index in [0.717, 1.165) is 31.4 Å². The fraction of sp³-hybridized carbons (Fsp3) is 0.600.